The summed E-state index contributed by atoms with van der Waals surface area (Å²) in [5, 5.41) is -0.00359. The van der Waals surface area contributed by atoms with Crippen molar-refractivity contribution in [1.29, 1.82) is 0 Å². The molecule has 0 aliphatic heterocycles. The Morgan fingerprint density at radius 1 is 1.33 bits per heavy atom. The zero-order valence-electron chi connectivity index (χ0n) is 11.8. The number of carbonyl (C=O) groups excluding carboxylic acids is 1. The van der Waals surface area contributed by atoms with Crippen molar-refractivity contribution in [3.05, 3.63) is 58.5 Å². The molecular formula is C15H15ClN2O3. The molecule has 1 heterocycles. The fraction of sp³-hybridized carbons (Fsp3) is 0.200. The van der Waals surface area contributed by atoms with E-state index < -0.39 is 11.5 Å². The third kappa shape index (κ3) is 2.92. The summed E-state index contributed by atoms with van der Waals surface area (Å²) in [6.45, 7) is 7.38. The second kappa shape index (κ2) is 6.01. The van der Waals surface area contributed by atoms with Crippen molar-refractivity contribution in [1.82, 2.24) is 9.36 Å². The summed E-state index contributed by atoms with van der Waals surface area (Å²) in [5.74, 6) is -0.681. The van der Waals surface area contributed by atoms with E-state index in [0.717, 1.165) is 10.2 Å². The van der Waals surface area contributed by atoms with Gasteiger partial charge in [-0.05, 0) is 26.0 Å². The van der Waals surface area contributed by atoms with Crippen LogP contribution in [0.2, 0.25) is 0 Å². The largest absolute Gasteiger partial charge is 0.462 e. The van der Waals surface area contributed by atoms with E-state index in [4.69, 9.17) is 16.3 Å². The molecule has 0 atom stereocenters. The average molecular weight is 307 g/mol. The lowest BCUT2D eigenvalue weighted by Crippen LogP contribution is -2.23. The van der Waals surface area contributed by atoms with Gasteiger partial charge in [0, 0.05) is 6.20 Å². The van der Waals surface area contributed by atoms with Crippen LogP contribution in [0.15, 0.2) is 41.8 Å². The molecule has 0 radical (unpaired) electrons. The number of nitrogens with zero attached hydrogens (tertiary/aromatic N) is 2. The van der Waals surface area contributed by atoms with E-state index in [1.807, 2.05) is 31.2 Å². The minimum Gasteiger partial charge on any atom is -0.462 e. The number of hydrogen-bond donors (Lipinski definition) is 0. The van der Waals surface area contributed by atoms with Gasteiger partial charge in [0.25, 0.3) is 5.56 Å². The van der Waals surface area contributed by atoms with Crippen LogP contribution in [0.5, 0.6) is 0 Å². The molecular weight excluding hydrogens is 292 g/mol. The topological polar surface area (TPSA) is 53.2 Å². The normalized spacial score (nSPS) is 10.4. The number of benzene rings is 1. The molecule has 0 spiro atoms. The maximum Gasteiger partial charge on any atom is 0.345 e. The molecule has 0 saturated heterocycles. The van der Waals surface area contributed by atoms with Crippen LogP contribution in [-0.2, 0) is 4.74 Å². The van der Waals surface area contributed by atoms with Crippen LogP contribution in [0.4, 0.5) is 0 Å². The van der Waals surface area contributed by atoms with E-state index >= 15 is 0 Å². The minimum atomic E-state index is -0.681. The van der Waals surface area contributed by atoms with Crippen LogP contribution >= 0.6 is 11.6 Å². The van der Waals surface area contributed by atoms with E-state index in [0.29, 0.717) is 5.69 Å². The van der Waals surface area contributed by atoms with Gasteiger partial charge in [0.1, 0.15) is 10.7 Å². The molecule has 21 heavy (non-hydrogen) atoms. The van der Waals surface area contributed by atoms with Crippen LogP contribution in [0.3, 0.4) is 0 Å². The van der Waals surface area contributed by atoms with Gasteiger partial charge in [0.15, 0.2) is 0 Å². The van der Waals surface area contributed by atoms with Crippen molar-refractivity contribution in [3.63, 3.8) is 0 Å². The van der Waals surface area contributed by atoms with Crippen LogP contribution in [0, 0.1) is 6.92 Å². The second-order valence-electron chi connectivity index (χ2n) is 4.44. The molecule has 2 aromatic rings. The highest BCUT2D eigenvalue weighted by Crippen LogP contribution is 2.14. The van der Waals surface area contributed by atoms with Crippen molar-refractivity contribution < 1.29 is 9.53 Å². The maximum atomic E-state index is 12.3. The zero-order valence-corrected chi connectivity index (χ0v) is 12.6. The Morgan fingerprint density at radius 2 is 1.95 bits per heavy atom. The third-order valence-corrected chi connectivity index (χ3v) is 3.07. The van der Waals surface area contributed by atoms with Gasteiger partial charge in [-0.1, -0.05) is 35.9 Å². The molecule has 0 fully saturated rings. The minimum absolute atomic E-state index is 0.00359. The molecule has 1 aromatic carbocycles. The molecule has 0 unspecified atom stereocenters. The standard InChI is InChI=1S/C15H15ClN2O3/c1-4-21-15(20)13-9-17(18(11(3)16)14(13)19)12-7-5-10(2)6-8-12/h5-9H,3-4H2,1-2H3. The van der Waals surface area contributed by atoms with Gasteiger partial charge in [0.05, 0.1) is 12.3 Å². The van der Waals surface area contributed by atoms with E-state index in [1.165, 1.54) is 10.9 Å². The second-order valence-corrected chi connectivity index (χ2v) is 4.87. The number of hydrogen-bond acceptors (Lipinski definition) is 3. The smallest absolute Gasteiger partial charge is 0.345 e. The first-order chi connectivity index (χ1) is 9.95. The highest BCUT2D eigenvalue weighted by molar-refractivity contribution is 6.44. The molecule has 0 aliphatic rings. The molecule has 5 nitrogen and oxygen atoms in total. The lowest BCUT2D eigenvalue weighted by atomic mass is 10.2. The van der Waals surface area contributed by atoms with E-state index in [9.17, 15) is 9.59 Å². The van der Waals surface area contributed by atoms with Crippen molar-refractivity contribution >= 4 is 22.7 Å². The number of carbonyl (C=O) groups is 1. The number of halogens is 1. The number of rotatable bonds is 4. The number of aryl methyl sites for hydroxylation is 1. The van der Waals surface area contributed by atoms with Gasteiger partial charge >= 0.3 is 5.97 Å². The summed E-state index contributed by atoms with van der Waals surface area (Å²) in [6.07, 6.45) is 1.40. The molecule has 0 N–H and O–H groups in total. The van der Waals surface area contributed by atoms with E-state index in [1.54, 1.807) is 6.92 Å². The molecule has 0 saturated carbocycles. The lowest BCUT2D eigenvalue weighted by Gasteiger charge is -2.09. The Hall–Kier alpha value is -2.27. The van der Waals surface area contributed by atoms with Gasteiger partial charge in [0.2, 0.25) is 0 Å². The molecule has 0 amide bonds. The van der Waals surface area contributed by atoms with Crippen LogP contribution in [0.25, 0.3) is 10.8 Å². The Bertz CT molecular complexity index is 741. The van der Waals surface area contributed by atoms with Crippen molar-refractivity contribution in [2.24, 2.45) is 0 Å². The molecule has 0 bridgehead atoms. The number of aromatic nitrogens is 2. The van der Waals surface area contributed by atoms with Gasteiger partial charge < -0.3 is 4.74 Å². The predicted molar refractivity (Wildman–Crippen MR) is 81.9 cm³/mol. The lowest BCUT2D eigenvalue weighted by molar-refractivity contribution is 0.0525. The molecule has 6 heteroatoms. The zero-order chi connectivity index (χ0) is 15.6. The summed E-state index contributed by atoms with van der Waals surface area (Å²) in [4.78, 5) is 24.1. The number of esters is 1. The SMILES string of the molecule is C=C(Cl)n1c(=O)c(C(=O)OCC)cn1-c1ccc(C)cc1. The van der Waals surface area contributed by atoms with Gasteiger partial charge in [-0.3, -0.25) is 9.48 Å². The van der Waals surface area contributed by atoms with Crippen LogP contribution in [-0.4, -0.2) is 21.9 Å². The van der Waals surface area contributed by atoms with E-state index in [2.05, 4.69) is 6.58 Å². The van der Waals surface area contributed by atoms with Gasteiger partial charge in [-0.2, -0.15) is 0 Å². The maximum absolute atomic E-state index is 12.3. The fourth-order valence-corrected chi connectivity index (χ4v) is 2.07. The van der Waals surface area contributed by atoms with Crippen molar-refractivity contribution in [2.45, 2.75) is 13.8 Å². The summed E-state index contributed by atoms with van der Waals surface area (Å²) in [5.41, 5.74) is 1.12. The van der Waals surface area contributed by atoms with Crippen molar-refractivity contribution in [3.8, 4) is 5.69 Å². The first kappa shape index (κ1) is 15.1. The monoisotopic (exact) mass is 306 g/mol. The number of ether oxygens (including phenoxy) is 1. The van der Waals surface area contributed by atoms with E-state index in [-0.39, 0.29) is 17.3 Å². The Labute approximate surface area is 127 Å². The molecule has 0 aliphatic carbocycles. The Morgan fingerprint density at radius 3 is 2.48 bits per heavy atom. The van der Waals surface area contributed by atoms with Gasteiger partial charge in [-0.25, -0.2) is 9.48 Å². The molecule has 2 rings (SSSR count). The van der Waals surface area contributed by atoms with Crippen LogP contribution < -0.4 is 5.56 Å². The van der Waals surface area contributed by atoms with Crippen LogP contribution in [0.1, 0.15) is 22.8 Å². The third-order valence-electron chi connectivity index (χ3n) is 2.91. The Kier molecular flexibility index (Phi) is 4.33. The first-order valence-corrected chi connectivity index (χ1v) is 6.77. The summed E-state index contributed by atoms with van der Waals surface area (Å²) in [6, 6.07) is 7.43. The fourth-order valence-electron chi connectivity index (χ4n) is 1.91. The summed E-state index contributed by atoms with van der Waals surface area (Å²) >= 11 is 5.89. The highest BCUT2D eigenvalue weighted by Gasteiger charge is 2.20. The van der Waals surface area contributed by atoms with Crippen molar-refractivity contribution in [2.75, 3.05) is 6.61 Å². The predicted octanol–water partition coefficient (Wildman–Crippen LogP) is 2.79. The van der Waals surface area contributed by atoms with Gasteiger partial charge in [-0.15, -0.1) is 0 Å². The summed E-state index contributed by atoms with van der Waals surface area (Å²) < 4.78 is 7.47. The molecule has 110 valence electrons. The highest BCUT2D eigenvalue weighted by atomic mass is 35.5. The summed E-state index contributed by atoms with van der Waals surface area (Å²) in [7, 11) is 0. The average Bonchev–Trinajstić information content (AvgIpc) is 2.77. The quantitative estimate of drug-likeness (QED) is 0.816. The first-order valence-electron chi connectivity index (χ1n) is 6.39. The Balaban J connectivity index is 2.63. The molecule has 1 aromatic heterocycles.